The smallest absolute Gasteiger partial charge is 0.310 e. The Bertz CT molecular complexity index is 491. The summed E-state index contributed by atoms with van der Waals surface area (Å²) in [4.78, 5) is 23.0. The maximum Gasteiger partial charge on any atom is 0.310 e. The fourth-order valence-corrected chi connectivity index (χ4v) is 2.12. The first-order valence-corrected chi connectivity index (χ1v) is 6.07. The Morgan fingerprint density at radius 2 is 2.17 bits per heavy atom. The maximum atomic E-state index is 11.6. The van der Waals surface area contributed by atoms with Gasteiger partial charge in [0.2, 0.25) is 0 Å². The molecular weight excluding hydrogens is 232 g/mol. The fourth-order valence-electron chi connectivity index (χ4n) is 2.12. The van der Waals surface area contributed by atoms with Crippen LogP contribution < -0.4 is 4.74 Å². The van der Waals surface area contributed by atoms with E-state index in [2.05, 4.69) is 0 Å². The lowest BCUT2D eigenvalue weighted by Crippen LogP contribution is -2.08. The maximum absolute atomic E-state index is 11.6. The van der Waals surface area contributed by atoms with Gasteiger partial charge in [-0.15, -0.1) is 0 Å². The minimum absolute atomic E-state index is 0.0427. The zero-order valence-corrected chi connectivity index (χ0v) is 10.6. The number of ketones is 1. The van der Waals surface area contributed by atoms with E-state index in [0.29, 0.717) is 24.5 Å². The zero-order chi connectivity index (χ0) is 13.1. The van der Waals surface area contributed by atoms with Crippen molar-refractivity contribution in [2.75, 3.05) is 13.2 Å². The number of benzene rings is 1. The van der Waals surface area contributed by atoms with E-state index in [0.717, 1.165) is 17.5 Å². The van der Waals surface area contributed by atoms with E-state index in [9.17, 15) is 9.59 Å². The molecule has 0 spiro atoms. The SMILES string of the molecule is CCOC(=O)Cc1cc2c(c(C(C)=O)c1)OCC2. The first-order valence-electron chi connectivity index (χ1n) is 6.07. The topological polar surface area (TPSA) is 52.6 Å². The molecule has 1 heterocycles. The molecule has 0 fully saturated rings. The van der Waals surface area contributed by atoms with Gasteiger partial charge in [-0.25, -0.2) is 0 Å². The Labute approximate surface area is 106 Å². The summed E-state index contributed by atoms with van der Waals surface area (Å²) in [6, 6.07) is 3.65. The third kappa shape index (κ3) is 2.53. The van der Waals surface area contributed by atoms with Gasteiger partial charge in [0.05, 0.1) is 25.2 Å². The average Bonchev–Trinajstić information content (AvgIpc) is 2.75. The molecule has 1 aromatic carbocycles. The van der Waals surface area contributed by atoms with Crippen LogP contribution in [-0.2, 0) is 22.4 Å². The minimum atomic E-state index is -0.272. The number of esters is 1. The van der Waals surface area contributed by atoms with Crippen molar-refractivity contribution in [2.24, 2.45) is 0 Å². The standard InChI is InChI=1S/C14H16O4/c1-3-17-13(16)8-10-6-11-4-5-18-14(11)12(7-10)9(2)15/h6-7H,3-5,8H2,1-2H3. The molecule has 4 heteroatoms. The fraction of sp³-hybridized carbons (Fsp3) is 0.429. The molecule has 0 N–H and O–H groups in total. The molecule has 96 valence electrons. The van der Waals surface area contributed by atoms with Crippen molar-refractivity contribution in [1.29, 1.82) is 0 Å². The van der Waals surface area contributed by atoms with Gasteiger partial charge >= 0.3 is 5.97 Å². The minimum Gasteiger partial charge on any atom is -0.492 e. The monoisotopic (exact) mass is 248 g/mol. The predicted octanol–water partition coefficient (Wildman–Crippen LogP) is 1.93. The second-order valence-corrected chi connectivity index (χ2v) is 4.27. The second-order valence-electron chi connectivity index (χ2n) is 4.27. The summed E-state index contributed by atoms with van der Waals surface area (Å²) in [7, 11) is 0. The normalized spacial score (nSPS) is 12.8. The molecule has 18 heavy (non-hydrogen) atoms. The molecule has 1 aliphatic rings. The van der Waals surface area contributed by atoms with E-state index in [1.165, 1.54) is 6.92 Å². The van der Waals surface area contributed by atoms with Gasteiger partial charge in [-0.1, -0.05) is 6.07 Å². The second kappa shape index (κ2) is 5.21. The van der Waals surface area contributed by atoms with Crippen molar-refractivity contribution < 1.29 is 19.1 Å². The van der Waals surface area contributed by atoms with Crippen LogP contribution in [0.2, 0.25) is 0 Å². The summed E-state index contributed by atoms with van der Waals surface area (Å²) in [5.41, 5.74) is 2.37. The summed E-state index contributed by atoms with van der Waals surface area (Å²) >= 11 is 0. The molecule has 2 rings (SSSR count). The van der Waals surface area contributed by atoms with Crippen molar-refractivity contribution in [1.82, 2.24) is 0 Å². The lowest BCUT2D eigenvalue weighted by Gasteiger charge is -2.08. The molecule has 1 aliphatic heterocycles. The van der Waals surface area contributed by atoms with Crippen LogP contribution >= 0.6 is 0 Å². The van der Waals surface area contributed by atoms with E-state index in [4.69, 9.17) is 9.47 Å². The molecule has 4 nitrogen and oxygen atoms in total. The number of rotatable bonds is 4. The van der Waals surface area contributed by atoms with Crippen molar-refractivity contribution in [3.05, 3.63) is 28.8 Å². The first kappa shape index (κ1) is 12.6. The average molecular weight is 248 g/mol. The van der Waals surface area contributed by atoms with Gasteiger partial charge in [-0.2, -0.15) is 0 Å². The van der Waals surface area contributed by atoms with Gasteiger partial charge < -0.3 is 9.47 Å². The van der Waals surface area contributed by atoms with Crippen LogP contribution in [0, 0.1) is 0 Å². The Morgan fingerprint density at radius 3 is 2.83 bits per heavy atom. The van der Waals surface area contributed by atoms with Crippen LogP contribution in [0.15, 0.2) is 12.1 Å². The highest BCUT2D eigenvalue weighted by Gasteiger charge is 2.21. The Hall–Kier alpha value is -1.84. The third-order valence-corrected chi connectivity index (χ3v) is 2.88. The van der Waals surface area contributed by atoms with E-state index >= 15 is 0 Å². The molecule has 0 aromatic heterocycles. The molecule has 0 saturated heterocycles. The van der Waals surface area contributed by atoms with Crippen LogP contribution in [0.3, 0.4) is 0 Å². The Balaban J connectivity index is 2.30. The quantitative estimate of drug-likeness (QED) is 0.603. The molecule has 0 radical (unpaired) electrons. The van der Waals surface area contributed by atoms with Crippen LogP contribution in [0.5, 0.6) is 5.75 Å². The Kier molecular flexibility index (Phi) is 3.65. The van der Waals surface area contributed by atoms with Crippen molar-refractivity contribution in [3.8, 4) is 5.75 Å². The van der Waals surface area contributed by atoms with E-state index in [-0.39, 0.29) is 18.2 Å². The van der Waals surface area contributed by atoms with Crippen LogP contribution in [0.4, 0.5) is 0 Å². The van der Waals surface area contributed by atoms with Crippen LogP contribution in [-0.4, -0.2) is 25.0 Å². The van der Waals surface area contributed by atoms with Gasteiger partial charge in [-0.3, -0.25) is 9.59 Å². The Morgan fingerprint density at radius 1 is 1.39 bits per heavy atom. The highest BCUT2D eigenvalue weighted by molar-refractivity contribution is 5.97. The molecule has 0 unspecified atom stereocenters. The largest absolute Gasteiger partial charge is 0.492 e. The number of hydrogen-bond acceptors (Lipinski definition) is 4. The number of ether oxygens (including phenoxy) is 2. The lowest BCUT2D eigenvalue weighted by molar-refractivity contribution is -0.142. The van der Waals surface area contributed by atoms with Gasteiger partial charge in [0.1, 0.15) is 5.75 Å². The van der Waals surface area contributed by atoms with Crippen LogP contribution in [0.25, 0.3) is 0 Å². The van der Waals surface area contributed by atoms with Crippen LogP contribution in [0.1, 0.15) is 35.3 Å². The molecule has 1 aromatic rings. The highest BCUT2D eigenvalue weighted by Crippen LogP contribution is 2.31. The molecule has 0 aliphatic carbocycles. The van der Waals surface area contributed by atoms with Gasteiger partial charge in [-0.05, 0) is 31.0 Å². The summed E-state index contributed by atoms with van der Waals surface area (Å²) in [6.45, 7) is 4.24. The van der Waals surface area contributed by atoms with Gasteiger partial charge in [0, 0.05) is 6.42 Å². The number of hydrogen-bond donors (Lipinski definition) is 0. The number of carbonyl (C=O) groups excluding carboxylic acids is 2. The highest BCUT2D eigenvalue weighted by atomic mass is 16.5. The van der Waals surface area contributed by atoms with E-state index in [1.54, 1.807) is 13.0 Å². The summed E-state index contributed by atoms with van der Waals surface area (Å²) < 4.78 is 10.4. The molecule has 0 amide bonds. The van der Waals surface area contributed by atoms with Crippen molar-refractivity contribution >= 4 is 11.8 Å². The van der Waals surface area contributed by atoms with E-state index in [1.807, 2.05) is 6.07 Å². The molecular formula is C14H16O4. The molecule has 0 atom stereocenters. The first-order chi connectivity index (χ1) is 8.61. The van der Waals surface area contributed by atoms with Gasteiger partial charge in [0.25, 0.3) is 0 Å². The number of carbonyl (C=O) groups is 2. The van der Waals surface area contributed by atoms with Crippen molar-refractivity contribution in [2.45, 2.75) is 26.7 Å². The third-order valence-electron chi connectivity index (χ3n) is 2.88. The van der Waals surface area contributed by atoms with Crippen molar-refractivity contribution in [3.63, 3.8) is 0 Å². The molecule has 0 bridgehead atoms. The predicted molar refractivity (Wildman–Crippen MR) is 66.0 cm³/mol. The number of Topliss-reactive ketones (excluding diaryl/α,β-unsaturated/α-hetero) is 1. The zero-order valence-electron chi connectivity index (χ0n) is 10.6. The van der Waals surface area contributed by atoms with Gasteiger partial charge in [0.15, 0.2) is 5.78 Å². The summed E-state index contributed by atoms with van der Waals surface area (Å²) in [6.07, 6.45) is 0.980. The summed E-state index contributed by atoms with van der Waals surface area (Å²) in [5.74, 6) is 0.361. The summed E-state index contributed by atoms with van der Waals surface area (Å²) in [5, 5.41) is 0. The number of fused-ring (bicyclic) bond motifs is 1. The lowest BCUT2D eigenvalue weighted by atomic mass is 9.99. The van der Waals surface area contributed by atoms with E-state index < -0.39 is 0 Å². The molecule has 0 saturated carbocycles.